The molecule has 2 saturated heterocycles. The number of carbonyl (C=O) groups is 3. The summed E-state index contributed by atoms with van der Waals surface area (Å²) in [6.07, 6.45) is 6.66. The summed E-state index contributed by atoms with van der Waals surface area (Å²) >= 11 is 0. The number of hydrogen-bond donors (Lipinski definition) is 3. The quantitative estimate of drug-likeness (QED) is 0.504. The Balaban J connectivity index is 1.22. The van der Waals surface area contributed by atoms with Gasteiger partial charge in [-0.05, 0) is 93.8 Å². The van der Waals surface area contributed by atoms with Gasteiger partial charge in [-0.15, -0.1) is 0 Å². The van der Waals surface area contributed by atoms with Gasteiger partial charge in [0.2, 0.25) is 5.91 Å². The third-order valence-corrected chi connectivity index (χ3v) is 8.86. The van der Waals surface area contributed by atoms with Crippen molar-refractivity contribution < 1.29 is 14.4 Å². The summed E-state index contributed by atoms with van der Waals surface area (Å²) in [7, 11) is 0. The van der Waals surface area contributed by atoms with Gasteiger partial charge in [0.1, 0.15) is 5.82 Å². The third-order valence-electron chi connectivity index (χ3n) is 8.86. The number of rotatable bonds is 7. The molecule has 3 fully saturated rings. The number of aromatic nitrogens is 1. The summed E-state index contributed by atoms with van der Waals surface area (Å²) in [6.45, 7) is 9.51. The van der Waals surface area contributed by atoms with Gasteiger partial charge >= 0.3 is 0 Å². The summed E-state index contributed by atoms with van der Waals surface area (Å²) in [6, 6.07) is 7.95. The number of likely N-dealkylation sites (N-methyl/N-ethyl adjacent to an activating group) is 1. The fourth-order valence-electron chi connectivity index (χ4n) is 6.38. The zero-order valence-corrected chi connectivity index (χ0v) is 23.2. The lowest BCUT2D eigenvalue weighted by Gasteiger charge is -2.43. The number of fused-ring (bicyclic) bond motifs is 1. The minimum Gasteiger partial charge on any atom is -0.366 e. The number of likely N-dealkylation sites (tertiary alicyclic amines) is 1. The molecule has 208 valence electrons. The summed E-state index contributed by atoms with van der Waals surface area (Å²) in [4.78, 5) is 47.0. The SMILES string of the molecule is CCN1CC[C@@H](NC(=O)c2ccc(N3CCC(NC(=O)c4cc(C)c(C(N)=O)cc4C)CC4CCC43)nc2)C1. The number of nitrogens with zero attached hydrogens (tertiary/aromatic N) is 3. The fourth-order valence-corrected chi connectivity index (χ4v) is 6.38. The maximum atomic E-state index is 13.2. The Bertz CT molecular complexity index is 1250. The molecule has 39 heavy (non-hydrogen) atoms. The van der Waals surface area contributed by atoms with E-state index in [1.54, 1.807) is 25.3 Å². The van der Waals surface area contributed by atoms with E-state index in [9.17, 15) is 14.4 Å². The smallest absolute Gasteiger partial charge is 0.253 e. The van der Waals surface area contributed by atoms with Crippen molar-refractivity contribution in [2.24, 2.45) is 11.7 Å². The molecule has 5 rings (SSSR count). The van der Waals surface area contributed by atoms with Crippen LogP contribution in [0.4, 0.5) is 5.82 Å². The van der Waals surface area contributed by atoms with Crippen LogP contribution in [-0.2, 0) is 0 Å². The van der Waals surface area contributed by atoms with Crippen molar-refractivity contribution in [1.29, 1.82) is 0 Å². The van der Waals surface area contributed by atoms with E-state index in [0.717, 1.165) is 69.7 Å². The standard InChI is InChI=1S/C30H40N6O3/c1-4-35-11-9-23(17-35)34-29(38)21-6-8-27(32-16-21)36-12-10-22(15-20-5-7-26(20)36)33-30(39)25-14-18(2)24(28(31)37)13-19(25)3/h6,8,13-14,16,20,22-23,26H,4-5,7,9-12,15,17H2,1-3H3,(H2,31,37)(H,33,39)(H,34,38)/t20?,22?,23-,26?/m1/s1. The third kappa shape index (κ3) is 5.78. The molecule has 0 spiro atoms. The molecule has 4 atom stereocenters. The lowest BCUT2D eigenvalue weighted by Crippen LogP contribution is -2.47. The predicted octanol–water partition coefficient (Wildman–Crippen LogP) is 2.80. The zero-order chi connectivity index (χ0) is 27.7. The van der Waals surface area contributed by atoms with Crippen LogP contribution in [0.5, 0.6) is 0 Å². The molecule has 3 unspecified atom stereocenters. The highest BCUT2D eigenvalue weighted by molar-refractivity contribution is 5.99. The van der Waals surface area contributed by atoms with Crippen molar-refractivity contribution >= 4 is 23.5 Å². The Labute approximate surface area is 230 Å². The van der Waals surface area contributed by atoms with Crippen LogP contribution in [-0.4, -0.2) is 71.9 Å². The molecule has 2 aliphatic heterocycles. The first kappa shape index (κ1) is 27.1. The van der Waals surface area contributed by atoms with Gasteiger partial charge in [-0.3, -0.25) is 14.4 Å². The van der Waals surface area contributed by atoms with E-state index in [2.05, 4.69) is 27.4 Å². The molecule has 9 nitrogen and oxygen atoms in total. The minimum absolute atomic E-state index is 0.0602. The number of carbonyl (C=O) groups excluding carboxylic acids is 3. The number of nitrogens with one attached hydrogen (secondary N) is 2. The zero-order valence-electron chi connectivity index (χ0n) is 23.2. The van der Waals surface area contributed by atoms with Crippen LogP contribution in [0.3, 0.4) is 0 Å². The Hall–Kier alpha value is -3.46. The van der Waals surface area contributed by atoms with Crippen molar-refractivity contribution in [3.8, 4) is 0 Å². The van der Waals surface area contributed by atoms with Crippen LogP contribution in [0.15, 0.2) is 30.5 Å². The second kappa shape index (κ2) is 11.3. The van der Waals surface area contributed by atoms with Crippen LogP contribution in [0, 0.1) is 19.8 Å². The maximum Gasteiger partial charge on any atom is 0.253 e. The lowest BCUT2D eigenvalue weighted by molar-refractivity contribution is 0.0920. The van der Waals surface area contributed by atoms with E-state index in [1.807, 2.05) is 19.1 Å². The van der Waals surface area contributed by atoms with E-state index in [-0.39, 0.29) is 23.9 Å². The van der Waals surface area contributed by atoms with E-state index in [0.29, 0.717) is 34.2 Å². The molecule has 0 bridgehead atoms. The fraction of sp³-hybridized carbons (Fsp3) is 0.533. The number of pyridine rings is 1. The van der Waals surface area contributed by atoms with Crippen LogP contribution in [0.2, 0.25) is 0 Å². The van der Waals surface area contributed by atoms with Gasteiger partial charge in [0.25, 0.3) is 11.8 Å². The largest absolute Gasteiger partial charge is 0.366 e. The highest BCUT2D eigenvalue weighted by Gasteiger charge is 2.40. The summed E-state index contributed by atoms with van der Waals surface area (Å²) < 4.78 is 0. The highest BCUT2D eigenvalue weighted by atomic mass is 16.2. The van der Waals surface area contributed by atoms with Gasteiger partial charge in [0.05, 0.1) is 5.56 Å². The van der Waals surface area contributed by atoms with Crippen molar-refractivity contribution in [2.75, 3.05) is 31.1 Å². The number of aryl methyl sites for hydroxylation is 2. The number of hydrogen-bond acceptors (Lipinski definition) is 6. The van der Waals surface area contributed by atoms with Gasteiger partial charge in [0, 0.05) is 55.1 Å². The normalized spacial score (nSPS) is 24.8. The molecule has 1 aromatic carbocycles. The van der Waals surface area contributed by atoms with Crippen LogP contribution < -0.4 is 21.3 Å². The van der Waals surface area contributed by atoms with E-state index < -0.39 is 5.91 Å². The molecule has 3 amide bonds. The Kier molecular flexibility index (Phi) is 7.88. The highest BCUT2D eigenvalue weighted by Crippen LogP contribution is 2.40. The molecule has 9 heteroatoms. The second-order valence-corrected chi connectivity index (χ2v) is 11.4. The summed E-state index contributed by atoms with van der Waals surface area (Å²) in [5.41, 5.74) is 8.54. The molecule has 1 aromatic heterocycles. The molecular formula is C30H40N6O3. The van der Waals surface area contributed by atoms with Crippen molar-refractivity contribution in [2.45, 2.75) is 71.0 Å². The Morgan fingerprint density at radius 1 is 0.949 bits per heavy atom. The van der Waals surface area contributed by atoms with Crippen LogP contribution in [0.25, 0.3) is 0 Å². The molecule has 1 saturated carbocycles. The predicted molar refractivity (Wildman–Crippen MR) is 151 cm³/mol. The summed E-state index contributed by atoms with van der Waals surface area (Å²) in [5.74, 6) is 0.721. The van der Waals surface area contributed by atoms with E-state index >= 15 is 0 Å². The molecule has 4 N–H and O–H groups in total. The lowest BCUT2D eigenvalue weighted by atomic mass is 9.76. The Morgan fingerprint density at radius 2 is 1.67 bits per heavy atom. The van der Waals surface area contributed by atoms with Crippen molar-refractivity contribution in [1.82, 2.24) is 20.5 Å². The molecular weight excluding hydrogens is 492 g/mol. The molecule has 3 aliphatic rings. The molecule has 1 aliphatic carbocycles. The van der Waals surface area contributed by atoms with Gasteiger partial charge in [-0.1, -0.05) is 6.92 Å². The number of nitrogens with two attached hydrogens (primary N) is 1. The molecule has 2 aromatic rings. The first-order valence-corrected chi connectivity index (χ1v) is 14.2. The molecule has 0 radical (unpaired) electrons. The summed E-state index contributed by atoms with van der Waals surface area (Å²) in [5, 5.41) is 6.41. The van der Waals surface area contributed by atoms with E-state index in [1.165, 1.54) is 0 Å². The van der Waals surface area contributed by atoms with Gasteiger partial charge < -0.3 is 26.2 Å². The van der Waals surface area contributed by atoms with E-state index in [4.69, 9.17) is 10.7 Å². The minimum atomic E-state index is -0.484. The average Bonchev–Trinajstić information content (AvgIpc) is 3.32. The second-order valence-electron chi connectivity index (χ2n) is 11.4. The first-order chi connectivity index (χ1) is 18.7. The first-order valence-electron chi connectivity index (χ1n) is 14.2. The average molecular weight is 533 g/mol. The van der Waals surface area contributed by atoms with Crippen molar-refractivity contribution in [3.63, 3.8) is 0 Å². The van der Waals surface area contributed by atoms with Gasteiger partial charge in [-0.25, -0.2) is 4.98 Å². The monoisotopic (exact) mass is 532 g/mol. The van der Waals surface area contributed by atoms with Gasteiger partial charge in [-0.2, -0.15) is 0 Å². The number of anilines is 1. The maximum absolute atomic E-state index is 13.2. The number of benzene rings is 1. The topological polar surface area (TPSA) is 121 Å². The van der Waals surface area contributed by atoms with Crippen LogP contribution >= 0.6 is 0 Å². The van der Waals surface area contributed by atoms with Crippen molar-refractivity contribution in [3.05, 3.63) is 58.3 Å². The number of primary amides is 1. The van der Waals surface area contributed by atoms with Crippen LogP contribution in [0.1, 0.15) is 81.2 Å². The Morgan fingerprint density at radius 3 is 2.31 bits per heavy atom. The molecule has 3 heterocycles. The van der Waals surface area contributed by atoms with Gasteiger partial charge in [0.15, 0.2) is 0 Å². The number of amides is 3.